The number of benzene rings is 4. The zero-order valence-corrected chi connectivity index (χ0v) is 29.4. The quantitative estimate of drug-likeness (QED) is 0.160. The molecule has 0 spiro atoms. The number of phenolic OH excluding ortho intramolecular Hbond substituents is 2. The minimum Gasteiger partial charge on any atom is -0.507 e. The Balaban J connectivity index is 1.68. The number of fused-ring (bicyclic) bond motifs is 1. The predicted octanol–water partition coefficient (Wildman–Crippen LogP) is 9.32. The van der Waals surface area contributed by atoms with Gasteiger partial charge in [0.1, 0.15) is 17.2 Å². The van der Waals surface area contributed by atoms with E-state index in [-0.39, 0.29) is 33.3 Å². The fourth-order valence-corrected chi connectivity index (χ4v) is 5.57. The number of aliphatic imine (C=N–C) groups is 2. The number of nitrogens with zero attached hydrogens (tertiary/aromatic N) is 3. The van der Waals surface area contributed by atoms with Crippen LogP contribution in [0.4, 0.5) is 11.4 Å². The molecule has 4 aromatic carbocycles. The lowest BCUT2D eigenvalue weighted by Crippen LogP contribution is -2.17. The maximum Gasteiger partial charge on any atom is 0.270 e. The van der Waals surface area contributed by atoms with Gasteiger partial charge >= 0.3 is 0 Å². The van der Waals surface area contributed by atoms with Crippen LogP contribution in [0.3, 0.4) is 0 Å². The summed E-state index contributed by atoms with van der Waals surface area (Å²) in [5, 5.41) is 22.5. The maximum absolute atomic E-state index is 13.1. The second-order valence-corrected chi connectivity index (χ2v) is 15.5. The highest BCUT2D eigenvalue weighted by atomic mass is 16.3. The van der Waals surface area contributed by atoms with Crippen LogP contribution in [0, 0.1) is 0 Å². The number of hydrogen-bond donors (Lipinski definition) is 3. The number of phenols is 2. The lowest BCUT2D eigenvalue weighted by atomic mass is 9.79. The molecule has 5 aromatic rings. The minimum absolute atomic E-state index is 0.150. The zero-order chi connectivity index (χ0) is 35.0. The number of aromatic amines is 1. The third-order valence-corrected chi connectivity index (χ3v) is 8.45. The molecule has 0 aliphatic carbocycles. The van der Waals surface area contributed by atoms with E-state index in [9.17, 15) is 15.0 Å². The first kappa shape index (κ1) is 34.3. The van der Waals surface area contributed by atoms with Crippen LogP contribution in [0.25, 0.3) is 11.0 Å². The normalized spacial score (nSPS) is 12.9. The molecule has 48 heavy (non-hydrogen) atoms. The molecule has 7 nitrogen and oxygen atoms in total. The third-order valence-electron chi connectivity index (χ3n) is 8.45. The van der Waals surface area contributed by atoms with Crippen LogP contribution in [-0.4, -0.2) is 32.6 Å². The van der Waals surface area contributed by atoms with E-state index >= 15 is 0 Å². The van der Waals surface area contributed by atoms with Gasteiger partial charge in [0.15, 0.2) is 0 Å². The highest BCUT2D eigenvalue weighted by molar-refractivity contribution is 5.94. The number of H-pyrrole nitrogens is 1. The van der Waals surface area contributed by atoms with Crippen LogP contribution < -0.4 is 5.56 Å². The lowest BCUT2D eigenvalue weighted by molar-refractivity contribution is 0.443. The number of rotatable bonds is 6. The first-order valence-electron chi connectivity index (χ1n) is 16.3. The summed E-state index contributed by atoms with van der Waals surface area (Å²) in [6, 6.07) is 22.9. The third kappa shape index (κ3) is 7.57. The van der Waals surface area contributed by atoms with Gasteiger partial charge in [0.05, 0.1) is 22.4 Å². The van der Waals surface area contributed by atoms with E-state index in [1.807, 2.05) is 69.3 Å². The number of aromatic nitrogens is 2. The second-order valence-electron chi connectivity index (χ2n) is 15.5. The van der Waals surface area contributed by atoms with Gasteiger partial charge in [-0.3, -0.25) is 14.8 Å². The summed E-state index contributed by atoms with van der Waals surface area (Å²) in [5.74, 6) is 0.348. The smallest absolute Gasteiger partial charge is 0.270 e. The fourth-order valence-electron chi connectivity index (χ4n) is 5.57. The lowest BCUT2D eigenvalue weighted by Gasteiger charge is -2.27. The Kier molecular flexibility index (Phi) is 9.20. The summed E-state index contributed by atoms with van der Waals surface area (Å²) in [4.78, 5) is 30.5. The van der Waals surface area contributed by atoms with Gasteiger partial charge in [-0.15, -0.1) is 0 Å². The van der Waals surface area contributed by atoms with Crippen LogP contribution in [0.5, 0.6) is 11.5 Å². The van der Waals surface area contributed by atoms with Crippen LogP contribution in [0.2, 0.25) is 0 Å². The summed E-state index contributed by atoms with van der Waals surface area (Å²) in [6.07, 6.45) is 3.65. The van der Waals surface area contributed by atoms with Crippen molar-refractivity contribution in [1.29, 1.82) is 0 Å². The van der Waals surface area contributed by atoms with Crippen molar-refractivity contribution < 1.29 is 10.2 Å². The van der Waals surface area contributed by atoms with Crippen LogP contribution in [-0.2, 0) is 22.7 Å². The van der Waals surface area contributed by atoms with E-state index in [1.54, 1.807) is 30.6 Å². The molecule has 3 N–H and O–H groups in total. The summed E-state index contributed by atoms with van der Waals surface area (Å²) in [5.41, 5.74) is 6.34. The Hall–Kier alpha value is -5.04. The van der Waals surface area contributed by atoms with Crippen molar-refractivity contribution >= 4 is 34.8 Å². The van der Waals surface area contributed by atoms with Crippen molar-refractivity contribution in [2.45, 2.75) is 85.0 Å². The van der Waals surface area contributed by atoms with Gasteiger partial charge in [0, 0.05) is 35.5 Å². The fraction of sp³-hybridized carbons (Fsp3) is 0.317. The van der Waals surface area contributed by atoms with Crippen molar-refractivity contribution in [3.05, 3.63) is 122 Å². The predicted molar refractivity (Wildman–Crippen MR) is 198 cm³/mol. The van der Waals surface area contributed by atoms with Gasteiger partial charge in [-0.05, 0) is 57.2 Å². The molecule has 7 heteroatoms. The molecule has 0 aliphatic rings. The Labute approximate surface area is 283 Å². The maximum atomic E-state index is 13.1. The Morgan fingerprint density at radius 3 is 1.92 bits per heavy atom. The Morgan fingerprint density at radius 2 is 1.29 bits per heavy atom. The molecule has 248 valence electrons. The highest BCUT2D eigenvalue weighted by Gasteiger charge is 2.25. The molecule has 0 radical (unpaired) electrons. The average Bonchev–Trinajstić information content (AvgIpc) is 2.99. The zero-order valence-electron chi connectivity index (χ0n) is 29.4. The van der Waals surface area contributed by atoms with E-state index in [2.05, 4.69) is 52.6 Å². The molecule has 5 rings (SSSR count). The number of nitrogens with one attached hydrogen (secondary N) is 1. The topological polar surface area (TPSA) is 111 Å². The molecule has 0 saturated carbocycles. The van der Waals surface area contributed by atoms with Gasteiger partial charge in [0.25, 0.3) is 5.56 Å². The van der Waals surface area contributed by atoms with Crippen molar-refractivity contribution in [2.24, 2.45) is 9.98 Å². The standard InChI is InChI=1S/C41H46N4O3/c1-39(2,3)28-19-27(37(47)30(20-28)41(7,8)9)24-43-31-21-33-34(45-38(48)35(44-33)18-25-14-11-10-12-15-25)22-32(31)42-23-26-16-13-17-29(36(26)46)40(4,5)6/h10-17,19-24,46-47H,18H2,1-9H3,(H,45,48). The van der Waals surface area contributed by atoms with Crippen molar-refractivity contribution in [2.75, 3.05) is 0 Å². The summed E-state index contributed by atoms with van der Waals surface area (Å²) in [7, 11) is 0. The van der Waals surface area contributed by atoms with E-state index in [4.69, 9.17) is 15.0 Å². The molecular weight excluding hydrogens is 596 g/mol. The summed E-state index contributed by atoms with van der Waals surface area (Å²) in [6.45, 7) is 18.8. The van der Waals surface area contributed by atoms with Gasteiger partial charge in [-0.1, -0.05) is 111 Å². The second kappa shape index (κ2) is 12.9. The molecular formula is C41H46N4O3. The first-order chi connectivity index (χ1) is 22.4. The van der Waals surface area contributed by atoms with Crippen LogP contribution >= 0.6 is 0 Å². The number of para-hydroxylation sites is 1. The molecule has 0 aliphatic heterocycles. The van der Waals surface area contributed by atoms with Gasteiger partial charge in [-0.25, -0.2) is 4.98 Å². The van der Waals surface area contributed by atoms with E-state index < -0.39 is 0 Å². The van der Waals surface area contributed by atoms with E-state index in [0.717, 1.165) is 22.3 Å². The number of aromatic hydroxyl groups is 2. The van der Waals surface area contributed by atoms with Gasteiger partial charge in [-0.2, -0.15) is 0 Å². The molecule has 0 fully saturated rings. The van der Waals surface area contributed by atoms with E-state index in [1.165, 1.54) is 0 Å². The van der Waals surface area contributed by atoms with Crippen LogP contribution in [0.15, 0.2) is 87.6 Å². The van der Waals surface area contributed by atoms with Gasteiger partial charge in [0.2, 0.25) is 0 Å². The Bertz CT molecular complexity index is 2090. The molecule has 1 heterocycles. The molecule has 0 amide bonds. The molecule has 0 atom stereocenters. The van der Waals surface area contributed by atoms with Gasteiger partial charge < -0.3 is 15.2 Å². The molecule has 0 bridgehead atoms. The SMILES string of the molecule is CC(C)(C)c1cc(C=Nc2cc3nc(Cc4ccccc4)c(=O)[nH]c3cc2N=Cc2cccc(C(C)(C)C)c2O)c(O)c(C(C)(C)C)c1. The monoisotopic (exact) mass is 642 g/mol. The molecule has 0 saturated heterocycles. The average molecular weight is 643 g/mol. The summed E-state index contributed by atoms with van der Waals surface area (Å²) >= 11 is 0. The van der Waals surface area contributed by atoms with Crippen molar-refractivity contribution in [3.63, 3.8) is 0 Å². The molecule has 0 unspecified atom stereocenters. The minimum atomic E-state index is -0.291. The largest absolute Gasteiger partial charge is 0.507 e. The number of hydrogen-bond acceptors (Lipinski definition) is 6. The van der Waals surface area contributed by atoms with Crippen molar-refractivity contribution in [3.8, 4) is 11.5 Å². The highest BCUT2D eigenvalue weighted by Crippen LogP contribution is 2.39. The van der Waals surface area contributed by atoms with E-state index in [0.29, 0.717) is 45.6 Å². The van der Waals surface area contributed by atoms with Crippen LogP contribution in [0.1, 0.15) is 101 Å². The van der Waals surface area contributed by atoms with Crippen molar-refractivity contribution in [1.82, 2.24) is 9.97 Å². The molecule has 1 aromatic heterocycles. The Morgan fingerprint density at radius 1 is 0.688 bits per heavy atom. The summed E-state index contributed by atoms with van der Waals surface area (Å²) < 4.78 is 0. The first-order valence-corrected chi connectivity index (χ1v) is 16.3.